The molecular weight excluding hydrogens is 296 g/mol. The minimum Gasteiger partial charge on any atom is -0.310 e. The Morgan fingerprint density at radius 3 is 2.55 bits per heavy atom. The smallest absolute Gasteiger partial charge is 0.243 e. The van der Waals surface area contributed by atoms with Crippen LogP contribution >= 0.6 is 0 Å². The van der Waals surface area contributed by atoms with Gasteiger partial charge in [0, 0.05) is 25.2 Å². The van der Waals surface area contributed by atoms with E-state index in [2.05, 4.69) is 19.2 Å². The van der Waals surface area contributed by atoms with Gasteiger partial charge >= 0.3 is 0 Å². The van der Waals surface area contributed by atoms with Crippen molar-refractivity contribution in [2.75, 3.05) is 13.1 Å². The lowest BCUT2D eigenvalue weighted by atomic mass is 10.0. The van der Waals surface area contributed by atoms with E-state index in [1.165, 1.54) is 12.0 Å². The average molecular weight is 322 g/mol. The highest BCUT2D eigenvalue weighted by Crippen LogP contribution is 2.26. The highest BCUT2D eigenvalue weighted by Gasteiger charge is 2.35. The highest BCUT2D eigenvalue weighted by atomic mass is 32.2. The molecule has 0 amide bonds. The average Bonchev–Trinajstić information content (AvgIpc) is 2.84. The van der Waals surface area contributed by atoms with E-state index >= 15 is 0 Å². The lowest BCUT2D eigenvalue weighted by molar-refractivity contribution is 0.383. The summed E-state index contributed by atoms with van der Waals surface area (Å²) in [5.74, 6) is 0. The summed E-state index contributed by atoms with van der Waals surface area (Å²) in [6, 6.07) is 6.46. The maximum Gasteiger partial charge on any atom is 0.243 e. The number of benzene rings is 1. The Morgan fingerprint density at radius 1 is 1.09 bits per heavy atom. The molecule has 2 unspecified atom stereocenters. The molecule has 1 N–H and O–H groups in total. The predicted molar refractivity (Wildman–Crippen MR) is 88.5 cm³/mol. The first-order valence-electron chi connectivity index (χ1n) is 8.42. The zero-order chi connectivity index (χ0) is 15.7. The molecule has 0 saturated carbocycles. The number of aryl methyl sites for hydroxylation is 2. The minimum absolute atomic E-state index is 0.322. The molecule has 0 aliphatic carbocycles. The van der Waals surface area contributed by atoms with Gasteiger partial charge in [0.15, 0.2) is 0 Å². The summed E-state index contributed by atoms with van der Waals surface area (Å²) in [6.45, 7) is 5.43. The number of nitrogens with zero attached hydrogens (tertiary/aromatic N) is 1. The molecule has 3 rings (SSSR count). The van der Waals surface area contributed by atoms with Crippen LogP contribution in [0, 0.1) is 0 Å². The first-order chi connectivity index (χ1) is 10.5. The summed E-state index contributed by atoms with van der Waals surface area (Å²) in [7, 11) is -3.37. The Morgan fingerprint density at radius 2 is 1.82 bits per heavy atom. The highest BCUT2D eigenvalue weighted by molar-refractivity contribution is 7.89. The second-order valence-corrected chi connectivity index (χ2v) is 8.37. The van der Waals surface area contributed by atoms with Crippen molar-refractivity contribution in [3.63, 3.8) is 0 Å². The molecule has 2 bridgehead atoms. The van der Waals surface area contributed by atoms with Crippen LogP contribution in [-0.4, -0.2) is 37.9 Å². The quantitative estimate of drug-likeness (QED) is 0.925. The number of fused-ring (bicyclic) bond motifs is 2. The van der Waals surface area contributed by atoms with Gasteiger partial charge in [0.1, 0.15) is 0 Å². The summed E-state index contributed by atoms with van der Waals surface area (Å²) in [5.41, 5.74) is 2.40. The van der Waals surface area contributed by atoms with Crippen molar-refractivity contribution in [1.29, 1.82) is 0 Å². The number of sulfonamides is 1. The molecule has 2 aliphatic rings. The maximum atomic E-state index is 13.0. The topological polar surface area (TPSA) is 49.4 Å². The van der Waals surface area contributed by atoms with Crippen LogP contribution in [0.25, 0.3) is 0 Å². The van der Waals surface area contributed by atoms with Crippen molar-refractivity contribution in [3.8, 4) is 0 Å². The molecule has 0 spiro atoms. The van der Waals surface area contributed by atoms with Crippen LogP contribution in [0.2, 0.25) is 0 Å². The van der Waals surface area contributed by atoms with Crippen LogP contribution in [0.3, 0.4) is 0 Å². The predicted octanol–water partition coefficient (Wildman–Crippen LogP) is 2.33. The van der Waals surface area contributed by atoms with E-state index in [1.54, 1.807) is 10.4 Å². The largest absolute Gasteiger partial charge is 0.310 e. The summed E-state index contributed by atoms with van der Waals surface area (Å²) in [6.07, 6.45) is 5.01. The lowest BCUT2D eigenvalue weighted by Crippen LogP contribution is -2.39. The molecule has 2 aliphatic heterocycles. The molecule has 22 heavy (non-hydrogen) atoms. The van der Waals surface area contributed by atoms with Crippen molar-refractivity contribution in [1.82, 2.24) is 9.62 Å². The third kappa shape index (κ3) is 2.94. The SMILES string of the molecule is CCc1ccc(S(=O)(=O)N2CCC3CCC(C2)N3)cc1CC. The van der Waals surface area contributed by atoms with E-state index < -0.39 is 10.0 Å². The van der Waals surface area contributed by atoms with Crippen molar-refractivity contribution in [3.05, 3.63) is 29.3 Å². The molecule has 0 radical (unpaired) electrons. The van der Waals surface area contributed by atoms with Gasteiger partial charge in [0.25, 0.3) is 0 Å². The molecule has 2 saturated heterocycles. The van der Waals surface area contributed by atoms with Crippen LogP contribution in [0.5, 0.6) is 0 Å². The van der Waals surface area contributed by atoms with Gasteiger partial charge in [-0.1, -0.05) is 19.9 Å². The molecular formula is C17H26N2O2S. The molecule has 5 heteroatoms. The third-order valence-corrected chi connectivity index (χ3v) is 6.92. The molecule has 1 aromatic carbocycles. The Kier molecular flexibility index (Phi) is 4.57. The molecule has 1 aromatic rings. The third-order valence-electron chi connectivity index (χ3n) is 5.06. The summed E-state index contributed by atoms with van der Waals surface area (Å²) >= 11 is 0. The Bertz CT molecular complexity index is 642. The van der Waals surface area contributed by atoms with Crippen LogP contribution in [-0.2, 0) is 22.9 Å². The first kappa shape index (κ1) is 16.0. The van der Waals surface area contributed by atoms with E-state index in [0.717, 1.165) is 31.2 Å². The van der Waals surface area contributed by atoms with Gasteiger partial charge in [0.2, 0.25) is 10.0 Å². The van der Waals surface area contributed by atoms with Crippen LogP contribution in [0.1, 0.15) is 44.2 Å². The molecule has 2 atom stereocenters. The van der Waals surface area contributed by atoms with E-state index in [0.29, 0.717) is 30.1 Å². The standard InChI is InChI=1S/C17H26N2O2S/c1-3-13-5-8-17(11-14(13)4-2)22(20,21)19-10-9-15-6-7-16(12-19)18-15/h5,8,11,15-16,18H,3-4,6-7,9-10,12H2,1-2H3. The van der Waals surface area contributed by atoms with E-state index in [1.807, 2.05) is 12.1 Å². The van der Waals surface area contributed by atoms with Gasteiger partial charge in [-0.3, -0.25) is 0 Å². The monoisotopic (exact) mass is 322 g/mol. The van der Waals surface area contributed by atoms with E-state index in [9.17, 15) is 8.42 Å². The van der Waals surface area contributed by atoms with Crippen LogP contribution in [0.15, 0.2) is 23.1 Å². The Labute approximate surface area is 134 Å². The van der Waals surface area contributed by atoms with Crippen molar-refractivity contribution >= 4 is 10.0 Å². The normalized spacial score (nSPS) is 26.1. The van der Waals surface area contributed by atoms with Gasteiger partial charge in [-0.15, -0.1) is 0 Å². The van der Waals surface area contributed by atoms with E-state index in [4.69, 9.17) is 0 Å². The molecule has 0 aromatic heterocycles. The minimum atomic E-state index is -3.37. The fourth-order valence-corrected chi connectivity index (χ4v) is 5.27. The van der Waals surface area contributed by atoms with Gasteiger partial charge in [-0.25, -0.2) is 8.42 Å². The van der Waals surface area contributed by atoms with Gasteiger partial charge in [0.05, 0.1) is 4.90 Å². The summed E-state index contributed by atoms with van der Waals surface area (Å²) < 4.78 is 27.6. The Hall–Kier alpha value is -0.910. The number of nitrogens with one attached hydrogen (secondary N) is 1. The van der Waals surface area contributed by atoms with E-state index in [-0.39, 0.29) is 0 Å². The van der Waals surface area contributed by atoms with Gasteiger partial charge in [-0.05, 0) is 55.4 Å². The fraction of sp³-hybridized carbons (Fsp3) is 0.647. The maximum absolute atomic E-state index is 13.0. The zero-order valence-corrected chi connectivity index (χ0v) is 14.3. The fourth-order valence-electron chi connectivity index (χ4n) is 3.72. The lowest BCUT2D eigenvalue weighted by Gasteiger charge is -2.24. The second kappa shape index (κ2) is 6.30. The second-order valence-electron chi connectivity index (χ2n) is 6.43. The van der Waals surface area contributed by atoms with Gasteiger partial charge < -0.3 is 5.32 Å². The van der Waals surface area contributed by atoms with Crippen LogP contribution in [0.4, 0.5) is 0 Å². The number of hydrogen-bond acceptors (Lipinski definition) is 3. The summed E-state index contributed by atoms with van der Waals surface area (Å²) in [5, 5.41) is 3.54. The van der Waals surface area contributed by atoms with Gasteiger partial charge in [-0.2, -0.15) is 4.31 Å². The van der Waals surface area contributed by atoms with Crippen LogP contribution < -0.4 is 5.32 Å². The molecule has 122 valence electrons. The zero-order valence-electron chi connectivity index (χ0n) is 13.5. The Balaban J connectivity index is 1.89. The van der Waals surface area contributed by atoms with Crippen molar-refractivity contribution in [2.45, 2.75) is 62.9 Å². The number of hydrogen-bond donors (Lipinski definition) is 1. The first-order valence-corrected chi connectivity index (χ1v) is 9.86. The van der Waals surface area contributed by atoms with Crippen molar-refractivity contribution in [2.24, 2.45) is 0 Å². The number of rotatable bonds is 4. The molecule has 2 heterocycles. The molecule has 4 nitrogen and oxygen atoms in total. The summed E-state index contributed by atoms with van der Waals surface area (Å²) in [4.78, 5) is 0.458. The van der Waals surface area contributed by atoms with Crippen molar-refractivity contribution < 1.29 is 8.42 Å². The molecule has 2 fully saturated rings.